The first-order valence-corrected chi connectivity index (χ1v) is 1.36. The van der Waals surface area contributed by atoms with Gasteiger partial charge in [0.05, 0.1) is 0 Å². The van der Waals surface area contributed by atoms with Crippen molar-refractivity contribution in [3.8, 4) is 0 Å². The number of halogens is 1. The van der Waals surface area contributed by atoms with Crippen molar-refractivity contribution in [3.05, 3.63) is 0 Å². The highest BCUT2D eigenvalue weighted by atomic mass is 35.5. The summed E-state index contributed by atoms with van der Waals surface area (Å²) in [6.07, 6.45) is 0. The lowest BCUT2D eigenvalue weighted by Crippen LogP contribution is -2.17. The molecule has 0 heterocycles. The normalized spacial score (nSPS) is 7.00. The largest absolute Gasteiger partial charge is 0.480 e. The molecule has 0 aliphatic heterocycles. The van der Waals surface area contributed by atoms with Gasteiger partial charge in [0.15, 0.2) is 0 Å². The Morgan fingerprint density at radius 3 is 2.14 bits per heavy atom. The van der Waals surface area contributed by atoms with E-state index in [0.29, 0.717) is 0 Å². The van der Waals surface area contributed by atoms with Crippen LogP contribution in [0.15, 0.2) is 0 Å². The van der Waals surface area contributed by atoms with Crippen molar-refractivity contribution in [1.29, 1.82) is 0 Å². The van der Waals surface area contributed by atoms with Gasteiger partial charge in [0.25, 0.3) is 0 Å². The predicted molar refractivity (Wildman–Crippen MR) is 24.7 cm³/mol. The average molecular weight is 128 g/mol. The van der Waals surface area contributed by atoms with E-state index in [2.05, 4.69) is 0 Å². The molecular formula is C2H6ClNO3. The molecule has 0 rings (SSSR count). The van der Waals surface area contributed by atoms with E-state index in [-0.39, 0.29) is 12.4 Å². The summed E-state index contributed by atoms with van der Waals surface area (Å²) in [7, 11) is 0. The molecule has 0 spiro atoms. The van der Waals surface area contributed by atoms with Gasteiger partial charge in [-0.25, -0.2) is 0 Å². The van der Waals surface area contributed by atoms with Crippen molar-refractivity contribution in [1.82, 2.24) is 5.48 Å². The van der Waals surface area contributed by atoms with Crippen molar-refractivity contribution in [3.63, 3.8) is 0 Å². The zero-order chi connectivity index (χ0) is 4.99. The molecule has 5 heteroatoms. The summed E-state index contributed by atoms with van der Waals surface area (Å²) in [5.41, 5.74) is 1.47. The zero-order valence-electron chi connectivity index (χ0n) is 3.42. The van der Waals surface area contributed by atoms with Crippen LogP contribution >= 0.6 is 12.4 Å². The smallest absolute Gasteiger partial charge is 0.319 e. The Morgan fingerprint density at radius 1 is 1.71 bits per heavy atom. The third-order valence-corrected chi connectivity index (χ3v) is 0.230. The van der Waals surface area contributed by atoms with Gasteiger partial charge in [0.2, 0.25) is 0 Å². The lowest BCUT2D eigenvalue weighted by Gasteiger charge is -1.83. The Bertz CT molecular complexity index is 56.9. The first kappa shape index (κ1) is 9.84. The first-order chi connectivity index (χ1) is 2.77. The quantitative estimate of drug-likeness (QED) is 0.437. The fourth-order valence-electron chi connectivity index (χ4n) is 0.0676. The van der Waals surface area contributed by atoms with Crippen molar-refractivity contribution < 1.29 is 15.1 Å². The number of nitrogens with one attached hydrogen (secondary N) is 1. The van der Waals surface area contributed by atoms with Gasteiger partial charge in [-0.3, -0.25) is 4.79 Å². The third-order valence-electron chi connectivity index (χ3n) is 0.230. The monoisotopic (exact) mass is 127 g/mol. The number of carboxylic acids is 1. The molecule has 0 saturated carbocycles. The molecule has 0 aromatic carbocycles. The van der Waals surface area contributed by atoms with Gasteiger partial charge < -0.3 is 10.3 Å². The van der Waals surface area contributed by atoms with E-state index in [4.69, 9.17) is 10.3 Å². The summed E-state index contributed by atoms with van der Waals surface area (Å²) in [6, 6.07) is 0. The van der Waals surface area contributed by atoms with Gasteiger partial charge in [0.1, 0.15) is 6.54 Å². The SMILES string of the molecule is Cl.O=C(O)CNO. The molecule has 0 fully saturated rings. The maximum absolute atomic E-state index is 9.38. The Balaban J connectivity index is 0. The van der Waals surface area contributed by atoms with Crippen LogP contribution in [0, 0.1) is 0 Å². The Hall–Kier alpha value is -0.320. The van der Waals surface area contributed by atoms with E-state index < -0.39 is 12.5 Å². The maximum Gasteiger partial charge on any atom is 0.319 e. The van der Waals surface area contributed by atoms with E-state index in [1.165, 1.54) is 5.48 Å². The van der Waals surface area contributed by atoms with Crippen LogP contribution < -0.4 is 5.48 Å². The fourth-order valence-corrected chi connectivity index (χ4v) is 0.0676. The number of rotatable bonds is 2. The van der Waals surface area contributed by atoms with E-state index in [0.717, 1.165) is 0 Å². The molecular weight excluding hydrogens is 121 g/mol. The summed E-state index contributed by atoms with van der Waals surface area (Å²) in [4.78, 5) is 9.38. The molecule has 0 atom stereocenters. The number of carboxylic acid groups (broad SMARTS) is 1. The van der Waals surface area contributed by atoms with Crippen molar-refractivity contribution >= 4 is 18.4 Å². The van der Waals surface area contributed by atoms with E-state index in [1.807, 2.05) is 0 Å². The van der Waals surface area contributed by atoms with Crippen LogP contribution in [0.4, 0.5) is 0 Å². The summed E-state index contributed by atoms with van der Waals surface area (Å²) in [5, 5.41) is 15.3. The molecule has 7 heavy (non-hydrogen) atoms. The van der Waals surface area contributed by atoms with Crippen LogP contribution in [-0.4, -0.2) is 22.8 Å². The maximum atomic E-state index is 9.38. The van der Waals surface area contributed by atoms with Crippen molar-refractivity contribution in [2.45, 2.75) is 0 Å². The number of hydroxylamine groups is 1. The molecule has 0 unspecified atom stereocenters. The molecule has 4 nitrogen and oxygen atoms in total. The second kappa shape index (κ2) is 5.68. The minimum absolute atomic E-state index is 0. The first-order valence-electron chi connectivity index (χ1n) is 1.36. The van der Waals surface area contributed by atoms with Gasteiger partial charge in [-0.1, -0.05) is 0 Å². The van der Waals surface area contributed by atoms with E-state index in [1.54, 1.807) is 0 Å². The summed E-state index contributed by atoms with van der Waals surface area (Å²) < 4.78 is 0. The molecule has 0 aliphatic carbocycles. The highest BCUT2D eigenvalue weighted by molar-refractivity contribution is 5.85. The molecule has 0 aromatic heterocycles. The van der Waals surface area contributed by atoms with Crippen LogP contribution in [0.3, 0.4) is 0 Å². The van der Waals surface area contributed by atoms with Gasteiger partial charge in [-0.05, 0) is 0 Å². The minimum Gasteiger partial charge on any atom is -0.480 e. The Kier molecular flexibility index (Phi) is 7.98. The second-order valence-electron chi connectivity index (χ2n) is 0.729. The molecule has 0 amide bonds. The lowest BCUT2D eigenvalue weighted by atomic mass is 10.7. The zero-order valence-corrected chi connectivity index (χ0v) is 4.23. The van der Waals surface area contributed by atoms with Crippen LogP contribution in [0.1, 0.15) is 0 Å². The number of carbonyl (C=O) groups is 1. The van der Waals surface area contributed by atoms with Gasteiger partial charge in [-0.15, -0.1) is 12.4 Å². The van der Waals surface area contributed by atoms with Crippen LogP contribution in [0.5, 0.6) is 0 Å². The molecule has 0 aromatic rings. The van der Waals surface area contributed by atoms with Gasteiger partial charge in [-0.2, -0.15) is 5.48 Å². The van der Waals surface area contributed by atoms with Crippen LogP contribution in [0.25, 0.3) is 0 Å². The Morgan fingerprint density at radius 2 is 2.14 bits per heavy atom. The molecule has 3 N–H and O–H groups in total. The standard InChI is InChI=1S/C2H5NO3.ClH/c4-2(5)1-3-6;/h3,6H,1H2,(H,4,5);1H. The van der Waals surface area contributed by atoms with E-state index in [9.17, 15) is 4.79 Å². The van der Waals surface area contributed by atoms with Gasteiger partial charge in [0, 0.05) is 0 Å². The molecule has 0 bridgehead atoms. The average Bonchev–Trinajstić information content (AvgIpc) is 1.35. The summed E-state index contributed by atoms with van der Waals surface area (Å²) in [5.74, 6) is -1.07. The number of hydrogen-bond acceptors (Lipinski definition) is 3. The van der Waals surface area contributed by atoms with Gasteiger partial charge >= 0.3 is 5.97 Å². The van der Waals surface area contributed by atoms with E-state index >= 15 is 0 Å². The lowest BCUT2D eigenvalue weighted by molar-refractivity contribution is -0.137. The number of aliphatic carboxylic acids is 1. The summed E-state index contributed by atoms with van der Waals surface area (Å²) in [6.45, 7) is -0.403. The predicted octanol–water partition coefficient (Wildman–Crippen LogP) is -0.528. The van der Waals surface area contributed by atoms with Crippen LogP contribution in [-0.2, 0) is 4.79 Å². The minimum atomic E-state index is -1.07. The van der Waals surface area contributed by atoms with Crippen molar-refractivity contribution in [2.24, 2.45) is 0 Å². The molecule has 0 saturated heterocycles. The summed E-state index contributed by atoms with van der Waals surface area (Å²) >= 11 is 0. The van der Waals surface area contributed by atoms with Crippen molar-refractivity contribution in [2.75, 3.05) is 6.54 Å². The topological polar surface area (TPSA) is 69.6 Å². The highest BCUT2D eigenvalue weighted by Gasteiger charge is 1.87. The molecule has 44 valence electrons. The van der Waals surface area contributed by atoms with Crippen LogP contribution in [0.2, 0.25) is 0 Å². The highest BCUT2D eigenvalue weighted by Crippen LogP contribution is 1.50. The number of hydrogen-bond donors (Lipinski definition) is 3. The second-order valence-corrected chi connectivity index (χ2v) is 0.729. The molecule has 0 radical (unpaired) electrons. The fraction of sp³-hybridized carbons (Fsp3) is 0.500. The third kappa shape index (κ3) is 10.7. The Labute approximate surface area is 46.5 Å². The molecule has 0 aliphatic rings.